The Labute approximate surface area is 170 Å². The van der Waals surface area contributed by atoms with E-state index in [2.05, 4.69) is 34.3 Å². The van der Waals surface area contributed by atoms with Gasteiger partial charge in [0.25, 0.3) is 0 Å². The van der Waals surface area contributed by atoms with Crippen LogP contribution in [0.25, 0.3) is 17.1 Å². The van der Waals surface area contributed by atoms with Crippen LogP contribution in [0.15, 0.2) is 47.3 Å². The molecule has 0 aliphatic carbocycles. The van der Waals surface area contributed by atoms with E-state index in [1.54, 1.807) is 6.07 Å². The van der Waals surface area contributed by atoms with Gasteiger partial charge in [0, 0.05) is 32.7 Å². The van der Waals surface area contributed by atoms with Crippen molar-refractivity contribution in [2.45, 2.75) is 26.3 Å². The molecule has 0 bridgehead atoms. The Balaban J connectivity index is 1.66. The third kappa shape index (κ3) is 4.11. The summed E-state index contributed by atoms with van der Waals surface area (Å²) >= 11 is 0. The molecule has 1 saturated heterocycles. The normalized spacial score (nSPS) is 15.1. The molecule has 7 heteroatoms. The Hall–Kier alpha value is -2.90. The molecule has 0 unspecified atom stereocenters. The predicted molar refractivity (Wildman–Crippen MR) is 114 cm³/mol. The molecule has 0 saturated carbocycles. The molecule has 1 fully saturated rings. The van der Waals surface area contributed by atoms with E-state index in [1.807, 2.05) is 36.4 Å². The summed E-state index contributed by atoms with van der Waals surface area (Å²) in [6.07, 6.45) is 0. The van der Waals surface area contributed by atoms with Crippen LogP contribution in [0.2, 0.25) is 0 Å². The van der Waals surface area contributed by atoms with Gasteiger partial charge in [0.05, 0.1) is 11.3 Å². The van der Waals surface area contributed by atoms with Gasteiger partial charge in [-0.25, -0.2) is 14.5 Å². The molecule has 29 heavy (non-hydrogen) atoms. The highest BCUT2D eigenvalue weighted by molar-refractivity contribution is 5.66. The van der Waals surface area contributed by atoms with Crippen molar-refractivity contribution in [2.24, 2.45) is 0 Å². The van der Waals surface area contributed by atoms with E-state index in [4.69, 9.17) is 0 Å². The molecule has 152 valence electrons. The lowest BCUT2D eigenvalue weighted by Crippen LogP contribution is -2.42. The zero-order chi connectivity index (χ0) is 20.4. The van der Waals surface area contributed by atoms with Crippen LogP contribution < -0.4 is 11.0 Å². The van der Waals surface area contributed by atoms with Gasteiger partial charge in [-0.05, 0) is 41.3 Å². The summed E-state index contributed by atoms with van der Waals surface area (Å²) in [5.41, 5.74) is 3.21. The molecule has 0 amide bonds. The number of H-pyrrole nitrogens is 1. The molecule has 2 heterocycles. The van der Waals surface area contributed by atoms with Crippen LogP contribution in [-0.4, -0.2) is 50.9 Å². The van der Waals surface area contributed by atoms with Crippen LogP contribution in [0, 0.1) is 0 Å². The first-order chi connectivity index (χ1) is 14.0. The summed E-state index contributed by atoms with van der Waals surface area (Å²) in [5, 5.41) is 20.5. The van der Waals surface area contributed by atoms with Crippen LogP contribution in [0.3, 0.4) is 0 Å². The molecule has 1 aromatic heterocycles. The number of aromatic hydroxyl groups is 1. The first kappa shape index (κ1) is 19.4. The van der Waals surface area contributed by atoms with Gasteiger partial charge in [0.1, 0.15) is 5.75 Å². The molecule has 4 rings (SSSR count). The molecular weight excluding hydrogens is 366 g/mol. The van der Waals surface area contributed by atoms with E-state index in [9.17, 15) is 9.90 Å². The molecule has 7 nitrogen and oxygen atoms in total. The molecule has 3 aromatic rings. The quantitative estimate of drug-likeness (QED) is 0.620. The fraction of sp³-hybridized carbons (Fsp3) is 0.364. The van der Waals surface area contributed by atoms with E-state index in [0.717, 1.165) is 44.0 Å². The number of aromatic nitrogens is 3. The summed E-state index contributed by atoms with van der Waals surface area (Å²) in [6.45, 7) is 9.19. The Bertz CT molecular complexity index is 1030. The molecule has 0 radical (unpaired) electrons. The minimum atomic E-state index is -0.329. The number of phenolic OH excluding ortho intramolecular Hbond substituents is 1. The highest BCUT2D eigenvalue weighted by Crippen LogP contribution is 2.31. The van der Waals surface area contributed by atoms with Crippen LogP contribution >= 0.6 is 0 Å². The molecule has 0 spiro atoms. The maximum absolute atomic E-state index is 12.5. The van der Waals surface area contributed by atoms with E-state index in [1.165, 1.54) is 10.1 Å². The summed E-state index contributed by atoms with van der Waals surface area (Å²) in [5.74, 6) is 0.813. The Morgan fingerprint density at radius 3 is 2.52 bits per heavy atom. The molecule has 2 aromatic carbocycles. The minimum Gasteiger partial charge on any atom is -0.507 e. The maximum Gasteiger partial charge on any atom is 0.348 e. The Morgan fingerprint density at radius 2 is 1.83 bits per heavy atom. The van der Waals surface area contributed by atoms with Crippen molar-refractivity contribution < 1.29 is 5.11 Å². The lowest BCUT2D eigenvalue weighted by atomic mass is 10.00. The third-order valence-electron chi connectivity index (χ3n) is 5.41. The van der Waals surface area contributed by atoms with Gasteiger partial charge < -0.3 is 10.4 Å². The smallest absolute Gasteiger partial charge is 0.348 e. The fourth-order valence-corrected chi connectivity index (χ4v) is 3.69. The standard InChI is InChI=1S/C22H27N5O2/c1-15(2)17-5-8-20(28)19(13-17)21-24-25-22(29)27(21)18-6-3-16(4-7-18)14-26-11-9-23-10-12-26/h3-8,13,15,23,28H,9-12,14H2,1-2H3,(H,25,29). The number of phenols is 1. The second-order valence-corrected chi connectivity index (χ2v) is 7.81. The average molecular weight is 393 g/mol. The van der Waals surface area contributed by atoms with Crippen molar-refractivity contribution >= 4 is 0 Å². The molecule has 3 N–H and O–H groups in total. The van der Waals surface area contributed by atoms with Crippen molar-refractivity contribution in [3.05, 3.63) is 64.1 Å². The SMILES string of the molecule is CC(C)c1ccc(O)c(-c2n[nH]c(=O)n2-c2ccc(CN3CCNCC3)cc2)c1. The monoisotopic (exact) mass is 393 g/mol. The number of hydrogen-bond donors (Lipinski definition) is 3. The van der Waals surface area contributed by atoms with Crippen LogP contribution in [0.1, 0.15) is 30.9 Å². The van der Waals surface area contributed by atoms with Gasteiger partial charge in [-0.3, -0.25) is 4.90 Å². The van der Waals surface area contributed by atoms with Crippen LogP contribution in [0.4, 0.5) is 0 Å². The Kier molecular flexibility index (Phi) is 5.51. The number of piperazine rings is 1. The lowest BCUT2D eigenvalue weighted by Gasteiger charge is -2.27. The molecule has 0 atom stereocenters. The second kappa shape index (κ2) is 8.23. The van der Waals surface area contributed by atoms with E-state index >= 15 is 0 Å². The van der Waals surface area contributed by atoms with Crippen molar-refractivity contribution in [1.82, 2.24) is 25.0 Å². The van der Waals surface area contributed by atoms with Crippen LogP contribution in [-0.2, 0) is 6.54 Å². The number of hydrogen-bond acceptors (Lipinski definition) is 5. The van der Waals surface area contributed by atoms with Crippen molar-refractivity contribution in [2.75, 3.05) is 26.2 Å². The third-order valence-corrected chi connectivity index (χ3v) is 5.41. The van der Waals surface area contributed by atoms with Gasteiger partial charge in [-0.1, -0.05) is 32.0 Å². The summed E-state index contributed by atoms with van der Waals surface area (Å²) in [6, 6.07) is 13.4. The number of nitrogens with one attached hydrogen (secondary N) is 2. The molecule has 1 aliphatic rings. The van der Waals surface area contributed by atoms with Gasteiger partial charge in [0.2, 0.25) is 0 Å². The minimum absolute atomic E-state index is 0.102. The summed E-state index contributed by atoms with van der Waals surface area (Å²) in [7, 11) is 0. The van der Waals surface area contributed by atoms with Crippen molar-refractivity contribution in [3.8, 4) is 22.8 Å². The van der Waals surface area contributed by atoms with E-state index in [-0.39, 0.29) is 11.4 Å². The first-order valence-corrected chi connectivity index (χ1v) is 10.1. The van der Waals surface area contributed by atoms with Gasteiger partial charge >= 0.3 is 5.69 Å². The van der Waals surface area contributed by atoms with Gasteiger partial charge in [-0.15, -0.1) is 0 Å². The van der Waals surface area contributed by atoms with Gasteiger partial charge in [-0.2, -0.15) is 5.10 Å². The van der Waals surface area contributed by atoms with E-state index < -0.39 is 0 Å². The van der Waals surface area contributed by atoms with Crippen LogP contribution in [0.5, 0.6) is 5.75 Å². The molecular formula is C22H27N5O2. The summed E-state index contributed by atoms with van der Waals surface area (Å²) in [4.78, 5) is 14.9. The number of nitrogens with zero attached hydrogens (tertiary/aromatic N) is 3. The highest BCUT2D eigenvalue weighted by atomic mass is 16.3. The van der Waals surface area contributed by atoms with Crippen molar-refractivity contribution in [1.29, 1.82) is 0 Å². The average Bonchev–Trinajstić information content (AvgIpc) is 3.11. The zero-order valence-electron chi connectivity index (χ0n) is 16.9. The second-order valence-electron chi connectivity index (χ2n) is 7.81. The predicted octanol–water partition coefficient (Wildman–Crippen LogP) is 2.46. The van der Waals surface area contributed by atoms with E-state index in [0.29, 0.717) is 17.3 Å². The fourth-order valence-electron chi connectivity index (χ4n) is 3.69. The topological polar surface area (TPSA) is 86.2 Å². The number of benzene rings is 2. The number of rotatable bonds is 5. The Morgan fingerprint density at radius 1 is 1.10 bits per heavy atom. The number of aromatic amines is 1. The van der Waals surface area contributed by atoms with Gasteiger partial charge in [0.15, 0.2) is 5.82 Å². The highest BCUT2D eigenvalue weighted by Gasteiger charge is 2.17. The lowest BCUT2D eigenvalue weighted by molar-refractivity contribution is 0.233. The van der Waals surface area contributed by atoms with Crippen molar-refractivity contribution in [3.63, 3.8) is 0 Å². The zero-order valence-corrected chi connectivity index (χ0v) is 16.9. The summed E-state index contributed by atoms with van der Waals surface area (Å²) < 4.78 is 1.51. The maximum atomic E-state index is 12.5. The largest absolute Gasteiger partial charge is 0.507 e. The first-order valence-electron chi connectivity index (χ1n) is 10.1. The molecule has 1 aliphatic heterocycles.